The minimum Gasteiger partial charge on any atom is -0.358 e. The van der Waals surface area contributed by atoms with Crippen LogP contribution in [0.3, 0.4) is 0 Å². The second-order valence-corrected chi connectivity index (χ2v) is 4.64. The van der Waals surface area contributed by atoms with Crippen LogP contribution in [-0.4, -0.2) is 13.0 Å². The van der Waals surface area contributed by atoms with Gasteiger partial charge in [0.1, 0.15) is 0 Å². The van der Waals surface area contributed by atoms with Gasteiger partial charge in [0.05, 0.1) is 0 Å². The normalized spacial score (nSPS) is 15.2. The lowest BCUT2D eigenvalue weighted by molar-refractivity contribution is -0.109. The number of hydrogen-bond donors (Lipinski definition) is 1. The second kappa shape index (κ2) is 7.84. The van der Waals surface area contributed by atoms with Crippen molar-refractivity contribution in [2.45, 2.75) is 47.0 Å². The van der Waals surface area contributed by atoms with Crippen LogP contribution in [0.25, 0.3) is 0 Å². The lowest BCUT2D eigenvalue weighted by Gasteiger charge is -2.22. The Bertz CT molecular complexity index is 145. The van der Waals surface area contributed by atoms with E-state index in [9.17, 15) is 4.79 Å². The minimum atomic E-state index is 0.655. The lowest BCUT2D eigenvalue weighted by Crippen LogP contribution is -2.24. The third-order valence-electron chi connectivity index (χ3n) is 3.03. The van der Waals surface area contributed by atoms with E-state index in [2.05, 4.69) is 33.0 Å². The average Bonchev–Trinajstić information content (AvgIpc) is 2.14. The molecule has 0 heterocycles. The molecule has 2 unspecified atom stereocenters. The summed E-state index contributed by atoms with van der Waals surface area (Å²) in [6.07, 6.45) is 4.46. The third kappa shape index (κ3) is 6.01. The maximum atomic E-state index is 10.2. The van der Waals surface area contributed by atoms with Gasteiger partial charge in [-0.05, 0) is 30.6 Å². The van der Waals surface area contributed by atoms with E-state index >= 15 is 0 Å². The Kier molecular flexibility index (Phi) is 7.54. The Hall–Kier alpha value is -0.530. The van der Waals surface area contributed by atoms with Crippen LogP contribution in [0.2, 0.25) is 0 Å². The van der Waals surface area contributed by atoms with Crippen molar-refractivity contribution in [2.75, 3.05) is 6.54 Å². The Morgan fingerprint density at radius 2 is 1.93 bits per heavy atom. The highest BCUT2D eigenvalue weighted by atomic mass is 16.1. The standard InChI is InChI=1S/C12H25NO/c1-5-6-12(8-13-9-14)7-11(4)10(2)3/h9-12H,5-8H2,1-4H3,(H,13,14). The van der Waals surface area contributed by atoms with Crippen molar-refractivity contribution >= 4 is 6.41 Å². The van der Waals surface area contributed by atoms with Crippen molar-refractivity contribution in [3.05, 3.63) is 0 Å². The van der Waals surface area contributed by atoms with Crippen LogP contribution in [0.4, 0.5) is 0 Å². The fourth-order valence-electron chi connectivity index (χ4n) is 1.72. The topological polar surface area (TPSA) is 29.1 Å². The number of carbonyl (C=O) groups excluding carboxylic acids is 1. The highest BCUT2D eigenvalue weighted by Crippen LogP contribution is 2.22. The van der Waals surface area contributed by atoms with Gasteiger partial charge in [-0.3, -0.25) is 4.79 Å². The summed E-state index contributed by atoms with van der Waals surface area (Å²) in [5, 5.41) is 2.80. The van der Waals surface area contributed by atoms with E-state index in [0.29, 0.717) is 5.92 Å². The van der Waals surface area contributed by atoms with Crippen LogP contribution in [0.15, 0.2) is 0 Å². The molecule has 0 saturated heterocycles. The molecule has 2 atom stereocenters. The summed E-state index contributed by atoms with van der Waals surface area (Å²) in [5.41, 5.74) is 0. The molecule has 0 aromatic carbocycles. The number of amides is 1. The molecule has 2 heteroatoms. The van der Waals surface area contributed by atoms with E-state index in [1.165, 1.54) is 19.3 Å². The Labute approximate surface area is 88.5 Å². The van der Waals surface area contributed by atoms with Gasteiger partial charge in [0.15, 0.2) is 0 Å². The molecule has 0 aliphatic rings. The zero-order chi connectivity index (χ0) is 11.0. The van der Waals surface area contributed by atoms with E-state index in [4.69, 9.17) is 0 Å². The molecule has 0 aliphatic carbocycles. The predicted molar refractivity (Wildman–Crippen MR) is 61.1 cm³/mol. The molecule has 14 heavy (non-hydrogen) atoms. The molecule has 0 radical (unpaired) electrons. The molecule has 0 fully saturated rings. The van der Waals surface area contributed by atoms with Crippen LogP contribution in [0, 0.1) is 17.8 Å². The summed E-state index contributed by atoms with van der Waals surface area (Å²) in [7, 11) is 0. The van der Waals surface area contributed by atoms with Crippen LogP contribution in [0.5, 0.6) is 0 Å². The summed E-state index contributed by atoms with van der Waals surface area (Å²) in [4.78, 5) is 10.2. The minimum absolute atomic E-state index is 0.655. The van der Waals surface area contributed by atoms with Crippen molar-refractivity contribution in [3.63, 3.8) is 0 Å². The van der Waals surface area contributed by atoms with Crippen molar-refractivity contribution < 1.29 is 4.79 Å². The third-order valence-corrected chi connectivity index (χ3v) is 3.03. The monoisotopic (exact) mass is 199 g/mol. The molecule has 0 aromatic heterocycles. The van der Waals surface area contributed by atoms with Crippen molar-refractivity contribution in [1.82, 2.24) is 5.32 Å². The zero-order valence-electron chi connectivity index (χ0n) is 10.0. The summed E-state index contributed by atoms with van der Waals surface area (Å²) in [6, 6.07) is 0. The quantitative estimate of drug-likeness (QED) is 0.598. The van der Waals surface area contributed by atoms with Crippen molar-refractivity contribution in [1.29, 1.82) is 0 Å². The molecule has 1 amide bonds. The number of nitrogens with one attached hydrogen (secondary N) is 1. The highest BCUT2D eigenvalue weighted by molar-refractivity contribution is 5.45. The zero-order valence-corrected chi connectivity index (χ0v) is 10.0. The Morgan fingerprint density at radius 1 is 1.29 bits per heavy atom. The maximum Gasteiger partial charge on any atom is 0.207 e. The summed E-state index contributed by atoms with van der Waals surface area (Å²) >= 11 is 0. The van der Waals surface area contributed by atoms with Gasteiger partial charge < -0.3 is 5.32 Å². The van der Waals surface area contributed by atoms with Gasteiger partial charge in [0.2, 0.25) is 6.41 Å². The largest absolute Gasteiger partial charge is 0.358 e. The average molecular weight is 199 g/mol. The van der Waals surface area contributed by atoms with Gasteiger partial charge in [0, 0.05) is 6.54 Å². The summed E-state index contributed by atoms with van der Waals surface area (Å²) in [5.74, 6) is 2.15. The van der Waals surface area contributed by atoms with Crippen molar-refractivity contribution in [3.8, 4) is 0 Å². The molecule has 1 N–H and O–H groups in total. The molecule has 0 spiro atoms. The van der Waals surface area contributed by atoms with Crippen LogP contribution < -0.4 is 5.32 Å². The fraction of sp³-hybridized carbons (Fsp3) is 0.917. The van der Waals surface area contributed by atoms with Gasteiger partial charge >= 0.3 is 0 Å². The highest BCUT2D eigenvalue weighted by Gasteiger charge is 2.14. The fourth-order valence-corrected chi connectivity index (χ4v) is 1.72. The molecule has 0 rings (SSSR count). The van der Waals surface area contributed by atoms with Gasteiger partial charge in [-0.1, -0.05) is 34.1 Å². The van der Waals surface area contributed by atoms with Gasteiger partial charge in [-0.25, -0.2) is 0 Å². The molecular formula is C12H25NO. The maximum absolute atomic E-state index is 10.2. The number of carbonyl (C=O) groups is 1. The van der Waals surface area contributed by atoms with Crippen LogP contribution in [-0.2, 0) is 4.79 Å². The van der Waals surface area contributed by atoms with E-state index < -0.39 is 0 Å². The van der Waals surface area contributed by atoms with Gasteiger partial charge in [-0.15, -0.1) is 0 Å². The molecule has 2 nitrogen and oxygen atoms in total. The smallest absolute Gasteiger partial charge is 0.207 e. The molecule has 0 bridgehead atoms. The van der Waals surface area contributed by atoms with E-state index in [1.807, 2.05) is 0 Å². The molecule has 0 aromatic rings. The molecule has 0 aliphatic heterocycles. The van der Waals surface area contributed by atoms with Gasteiger partial charge in [-0.2, -0.15) is 0 Å². The molecule has 84 valence electrons. The molecule has 0 saturated carbocycles. The van der Waals surface area contributed by atoms with E-state index in [0.717, 1.165) is 24.8 Å². The predicted octanol–water partition coefficient (Wildman–Crippen LogP) is 2.83. The first kappa shape index (κ1) is 13.5. The second-order valence-electron chi connectivity index (χ2n) is 4.64. The van der Waals surface area contributed by atoms with Crippen molar-refractivity contribution in [2.24, 2.45) is 17.8 Å². The van der Waals surface area contributed by atoms with E-state index in [1.54, 1.807) is 0 Å². The first-order valence-electron chi connectivity index (χ1n) is 5.78. The summed E-state index contributed by atoms with van der Waals surface area (Å²) in [6.45, 7) is 9.87. The first-order valence-corrected chi connectivity index (χ1v) is 5.78. The molecular weight excluding hydrogens is 174 g/mol. The van der Waals surface area contributed by atoms with Crippen LogP contribution in [0.1, 0.15) is 47.0 Å². The Balaban J connectivity index is 3.87. The van der Waals surface area contributed by atoms with E-state index in [-0.39, 0.29) is 0 Å². The van der Waals surface area contributed by atoms with Gasteiger partial charge in [0.25, 0.3) is 0 Å². The number of hydrogen-bond acceptors (Lipinski definition) is 1. The SMILES string of the molecule is CCCC(CNC=O)CC(C)C(C)C. The lowest BCUT2D eigenvalue weighted by atomic mass is 9.86. The summed E-state index contributed by atoms with van der Waals surface area (Å²) < 4.78 is 0. The Morgan fingerprint density at radius 3 is 2.36 bits per heavy atom. The number of rotatable bonds is 8. The first-order chi connectivity index (χ1) is 6.61. The van der Waals surface area contributed by atoms with Crippen LogP contribution >= 0.6 is 0 Å².